The average molecular weight is 330 g/mol. The molecule has 0 heterocycles. The highest BCUT2D eigenvalue weighted by Gasteiger charge is 2.21. The van der Waals surface area contributed by atoms with Crippen molar-refractivity contribution in [3.05, 3.63) is 47.5 Å². The Bertz CT molecular complexity index is 666. The summed E-state index contributed by atoms with van der Waals surface area (Å²) in [5.41, 5.74) is 0.892. The first-order chi connectivity index (χ1) is 11.6. The van der Waals surface area contributed by atoms with Crippen molar-refractivity contribution >= 4 is 5.78 Å². The quantitative estimate of drug-likeness (QED) is 0.690. The third-order valence-corrected chi connectivity index (χ3v) is 3.53. The standard InChI is InChI=1S/C19H22O5/c1-5-10-24-14-8-6-13(7-9-14)19(20)18-16(22-3)11-15(21-2)12-17(18)23-4/h6-9,11-12H,5,10H2,1-4H3. The molecule has 0 radical (unpaired) electrons. The van der Waals surface area contributed by atoms with Crippen molar-refractivity contribution in [2.75, 3.05) is 27.9 Å². The number of hydrogen-bond donors (Lipinski definition) is 0. The number of methoxy groups -OCH3 is 3. The van der Waals surface area contributed by atoms with Gasteiger partial charge >= 0.3 is 0 Å². The van der Waals surface area contributed by atoms with Crippen molar-refractivity contribution in [2.24, 2.45) is 0 Å². The molecule has 0 saturated heterocycles. The summed E-state index contributed by atoms with van der Waals surface area (Å²) in [5.74, 6) is 1.92. The number of carbonyl (C=O) groups excluding carboxylic acids is 1. The Kier molecular flexibility index (Phi) is 6.07. The number of hydrogen-bond acceptors (Lipinski definition) is 5. The second kappa shape index (κ2) is 8.24. The molecular formula is C19H22O5. The molecule has 5 nitrogen and oxygen atoms in total. The average Bonchev–Trinajstić information content (AvgIpc) is 2.64. The lowest BCUT2D eigenvalue weighted by atomic mass is 10.0. The molecule has 0 aliphatic carbocycles. The minimum Gasteiger partial charge on any atom is -0.496 e. The van der Waals surface area contributed by atoms with Crippen molar-refractivity contribution in [3.63, 3.8) is 0 Å². The van der Waals surface area contributed by atoms with Crippen LogP contribution in [0.4, 0.5) is 0 Å². The van der Waals surface area contributed by atoms with E-state index in [1.54, 1.807) is 43.5 Å². The van der Waals surface area contributed by atoms with Crippen LogP contribution < -0.4 is 18.9 Å². The highest BCUT2D eigenvalue weighted by atomic mass is 16.5. The number of benzene rings is 2. The SMILES string of the molecule is CCCOc1ccc(C(=O)c2c(OC)cc(OC)cc2OC)cc1. The van der Waals surface area contributed by atoms with E-state index in [0.717, 1.165) is 12.2 Å². The Morgan fingerprint density at radius 1 is 0.875 bits per heavy atom. The maximum atomic E-state index is 12.9. The molecule has 0 atom stereocenters. The second-order valence-corrected chi connectivity index (χ2v) is 5.11. The molecule has 0 amide bonds. The number of carbonyl (C=O) groups is 1. The van der Waals surface area contributed by atoms with Crippen LogP contribution in [0.25, 0.3) is 0 Å². The van der Waals surface area contributed by atoms with Gasteiger partial charge in [-0.2, -0.15) is 0 Å². The predicted molar refractivity (Wildman–Crippen MR) is 91.8 cm³/mol. The maximum absolute atomic E-state index is 12.9. The lowest BCUT2D eigenvalue weighted by Gasteiger charge is -2.14. The summed E-state index contributed by atoms with van der Waals surface area (Å²) in [6.45, 7) is 2.69. The van der Waals surface area contributed by atoms with Gasteiger partial charge in [0.1, 0.15) is 28.6 Å². The van der Waals surface area contributed by atoms with Gasteiger partial charge in [0.25, 0.3) is 0 Å². The Labute approximate surface area is 142 Å². The molecule has 0 bridgehead atoms. The molecule has 0 aromatic heterocycles. The van der Waals surface area contributed by atoms with E-state index in [2.05, 4.69) is 0 Å². The van der Waals surface area contributed by atoms with Crippen molar-refractivity contribution in [1.82, 2.24) is 0 Å². The molecule has 2 aromatic rings. The zero-order chi connectivity index (χ0) is 17.5. The van der Waals surface area contributed by atoms with Crippen LogP contribution in [-0.4, -0.2) is 33.7 Å². The number of rotatable bonds is 8. The van der Waals surface area contributed by atoms with E-state index in [1.807, 2.05) is 6.92 Å². The fourth-order valence-corrected chi connectivity index (χ4v) is 2.30. The van der Waals surface area contributed by atoms with E-state index in [9.17, 15) is 4.79 Å². The third-order valence-electron chi connectivity index (χ3n) is 3.53. The van der Waals surface area contributed by atoms with Crippen LogP contribution >= 0.6 is 0 Å². The summed E-state index contributed by atoms with van der Waals surface area (Å²) in [5, 5.41) is 0. The van der Waals surface area contributed by atoms with Crippen LogP contribution in [0.2, 0.25) is 0 Å². The van der Waals surface area contributed by atoms with Crippen LogP contribution in [-0.2, 0) is 0 Å². The minimum absolute atomic E-state index is 0.187. The first kappa shape index (κ1) is 17.7. The topological polar surface area (TPSA) is 54.0 Å². The Morgan fingerprint density at radius 3 is 1.92 bits per heavy atom. The molecule has 2 rings (SSSR count). The fourth-order valence-electron chi connectivity index (χ4n) is 2.30. The summed E-state index contributed by atoms with van der Waals surface area (Å²) < 4.78 is 21.4. The largest absolute Gasteiger partial charge is 0.496 e. The normalized spacial score (nSPS) is 10.2. The maximum Gasteiger partial charge on any atom is 0.200 e. The molecular weight excluding hydrogens is 308 g/mol. The zero-order valence-corrected chi connectivity index (χ0v) is 14.4. The zero-order valence-electron chi connectivity index (χ0n) is 14.4. The van der Waals surface area contributed by atoms with Crippen LogP contribution in [0.1, 0.15) is 29.3 Å². The monoisotopic (exact) mass is 330 g/mol. The van der Waals surface area contributed by atoms with Crippen molar-refractivity contribution in [2.45, 2.75) is 13.3 Å². The van der Waals surface area contributed by atoms with Gasteiger partial charge in [0.2, 0.25) is 5.78 Å². The van der Waals surface area contributed by atoms with E-state index in [1.165, 1.54) is 14.2 Å². The molecule has 128 valence electrons. The minimum atomic E-state index is -0.187. The first-order valence-electron chi connectivity index (χ1n) is 7.72. The Morgan fingerprint density at radius 2 is 1.46 bits per heavy atom. The Balaban J connectivity index is 2.38. The lowest BCUT2D eigenvalue weighted by molar-refractivity contribution is 0.103. The highest BCUT2D eigenvalue weighted by molar-refractivity contribution is 6.12. The Hall–Kier alpha value is -2.69. The van der Waals surface area contributed by atoms with E-state index in [4.69, 9.17) is 18.9 Å². The van der Waals surface area contributed by atoms with Gasteiger partial charge in [-0.1, -0.05) is 6.92 Å². The van der Waals surface area contributed by atoms with Gasteiger partial charge in [0.15, 0.2) is 0 Å². The summed E-state index contributed by atoms with van der Waals surface area (Å²) >= 11 is 0. The number of ketones is 1. The molecule has 0 aliphatic heterocycles. The lowest BCUT2D eigenvalue weighted by Crippen LogP contribution is -2.07. The molecule has 2 aromatic carbocycles. The predicted octanol–water partition coefficient (Wildman–Crippen LogP) is 3.73. The third kappa shape index (κ3) is 3.79. The second-order valence-electron chi connectivity index (χ2n) is 5.11. The molecule has 5 heteroatoms. The molecule has 0 aliphatic rings. The van der Waals surface area contributed by atoms with Gasteiger partial charge in [-0.25, -0.2) is 0 Å². The highest BCUT2D eigenvalue weighted by Crippen LogP contribution is 2.35. The summed E-state index contributed by atoms with van der Waals surface area (Å²) in [7, 11) is 4.56. The van der Waals surface area contributed by atoms with Crippen LogP contribution in [0.3, 0.4) is 0 Å². The van der Waals surface area contributed by atoms with Gasteiger partial charge in [0.05, 0.1) is 27.9 Å². The summed E-state index contributed by atoms with van der Waals surface area (Å²) in [6.07, 6.45) is 0.931. The van der Waals surface area contributed by atoms with E-state index < -0.39 is 0 Å². The summed E-state index contributed by atoms with van der Waals surface area (Å²) in [4.78, 5) is 12.9. The first-order valence-corrected chi connectivity index (χ1v) is 7.72. The van der Waals surface area contributed by atoms with Gasteiger partial charge in [-0.3, -0.25) is 4.79 Å². The molecule has 24 heavy (non-hydrogen) atoms. The fraction of sp³-hybridized carbons (Fsp3) is 0.316. The molecule has 0 N–H and O–H groups in total. The molecule has 0 saturated carbocycles. The van der Waals surface area contributed by atoms with Crippen LogP contribution in [0.5, 0.6) is 23.0 Å². The van der Waals surface area contributed by atoms with Crippen LogP contribution in [0.15, 0.2) is 36.4 Å². The van der Waals surface area contributed by atoms with E-state index in [-0.39, 0.29) is 5.78 Å². The van der Waals surface area contributed by atoms with Gasteiger partial charge < -0.3 is 18.9 Å². The molecule has 0 fully saturated rings. The molecule has 0 spiro atoms. The van der Waals surface area contributed by atoms with Crippen molar-refractivity contribution < 1.29 is 23.7 Å². The van der Waals surface area contributed by atoms with Gasteiger partial charge in [-0.15, -0.1) is 0 Å². The van der Waals surface area contributed by atoms with E-state index >= 15 is 0 Å². The van der Waals surface area contributed by atoms with Gasteiger partial charge in [-0.05, 0) is 30.7 Å². The van der Waals surface area contributed by atoms with Crippen LogP contribution in [0, 0.1) is 0 Å². The summed E-state index contributed by atoms with van der Waals surface area (Å²) in [6, 6.07) is 10.4. The van der Waals surface area contributed by atoms with E-state index in [0.29, 0.717) is 35.0 Å². The van der Waals surface area contributed by atoms with Crippen molar-refractivity contribution in [3.8, 4) is 23.0 Å². The molecule has 0 unspecified atom stereocenters. The van der Waals surface area contributed by atoms with Crippen molar-refractivity contribution in [1.29, 1.82) is 0 Å². The van der Waals surface area contributed by atoms with Gasteiger partial charge in [0, 0.05) is 17.7 Å². The number of ether oxygens (including phenoxy) is 4. The smallest absolute Gasteiger partial charge is 0.200 e.